The molecule has 1 N–H and O–H groups in total. The molecule has 0 radical (unpaired) electrons. The van der Waals surface area contributed by atoms with Crippen molar-refractivity contribution in [1.29, 1.82) is 0 Å². The Bertz CT molecular complexity index is 676. The number of carbonyl (C=O) groups excluding carboxylic acids is 1. The first-order valence-corrected chi connectivity index (χ1v) is 7.81. The summed E-state index contributed by atoms with van der Waals surface area (Å²) < 4.78 is 10.3. The van der Waals surface area contributed by atoms with Crippen molar-refractivity contribution >= 4 is 17.6 Å². The maximum Gasteiger partial charge on any atom is 0.311 e. The third-order valence-electron chi connectivity index (χ3n) is 4.26. The van der Waals surface area contributed by atoms with Crippen LogP contribution < -0.4 is 9.47 Å². The van der Waals surface area contributed by atoms with E-state index in [9.17, 15) is 19.7 Å². The van der Waals surface area contributed by atoms with Crippen LogP contribution in [0.25, 0.3) is 0 Å². The minimum absolute atomic E-state index is 0.0345. The highest BCUT2D eigenvalue weighted by Crippen LogP contribution is 2.31. The average Bonchev–Trinajstić information content (AvgIpc) is 2.59. The molecule has 136 valence electrons. The lowest BCUT2D eigenvalue weighted by Crippen LogP contribution is -2.49. The van der Waals surface area contributed by atoms with Crippen molar-refractivity contribution in [2.45, 2.75) is 25.8 Å². The number of nitrogens with zero attached hydrogens (tertiary/aromatic N) is 2. The zero-order valence-electron chi connectivity index (χ0n) is 14.0. The molecule has 9 heteroatoms. The molecule has 1 amide bonds. The van der Waals surface area contributed by atoms with E-state index in [2.05, 4.69) is 0 Å². The van der Waals surface area contributed by atoms with Crippen LogP contribution in [0.1, 0.15) is 19.8 Å². The Balaban J connectivity index is 2.01. The minimum Gasteiger partial charge on any atom is -0.490 e. The molecule has 9 nitrogen and oxygen atoms in total. The summed E-state index contributed by atoms with van der Waals surface area (Å²) in [6.07, 6.45) is 1.16. The number of likely N-dealkylation sites (tertiary alicyclic amines) is 1. The number of amides is 1. The number of carboxylic acids is 1. The zero-order chi connectivity index (χ0) is 18.6. The van der Waals surface area contributed by atoms with Crippen LogP contribution in [0, 0.1) is 16.0 Å². The van der Waals surface area contributed by atoms with Gasteiger partial charge in [0.1, 0.15) is 5.75 Å². The number of hydrogen-bond acceptors (Lipinski definition) is 6. The van der Waals surface area contributed by atoms with E-state index in [1.165, 1.54) is 30.2 Å². The lowest BCUT2D eigenvalue weighted by molar-refractivity contribution is -0.385. The summed E-state index contributed by atoms with van der Waals surface area (Å²) in [6.45, 7) is 1.74. The van der Waals surface area contributed by atoms with Crippen LogP contribution in [-0.4, -0.2) is 53.1 Å². The number of hydrogen-bond donors (Lipinski definition) is 1. The molecule has 1 aromatic carbocycles. The summed E-state index contributed by atoms with van der Waals surface area (Å²) in [5, 5.41) is 20.0. The summed E-state index contributed by atoms with van der Waals surface area (Å²) in [7, 11) is 1.30. The van der Waals surface area contributed by atoms with E-state index in [0.29, 0.717) is 12.8 Å². The molecule has 2 rings (SSSR count). The number of aliphatic carboxylic acids is 1. The zero-order valence-corrected chi connectivity index (χ0v) is 14.0. The van der Waals surface area contributed by atoms with E-state index in [-0.39, 0.29) is 42.3 Å². The molecule has 1 fully saturated rings. The number of methoxy groups -OCH3 is 1. The van der Waals surface area contributed by atoms with Gasteiger partial charge < -0.3 is 19.5 Å². The maximum atomic E-state index is 12.3. The molecule has 1 saturated heterocycles. The third kappa shape index (κ3) is 4.37. The lowest BCUT2D eigenvalue weighted by atomic mass is 9.93. The molecule has 1 aliphatic heterocycles. The first-order valence-electron chi connectivity index (χ1n) is 7.81. The summed E-state index contributed by atoms with van der Waals surface area (Å²) in [4.78, 5) is 35.3. The Morgan fingerprint density at radius 1 is 1.40 bits per heavy atom. The molecule has 0 spiro atoms. The van der Waals surface area contributed by atoms with Crippen molar-refractivity contribution in [2.75, 3.05) is 20.3 Å². The van der Waals surface area contributed by atoms with Gasteiger partial charge in [0.2, 0.25) is 5.75 Å². The largest absolute Gasteiger partial charge is 0.490 e. The fourth-order valence-electron chi connectivity index (χ4n) is 2.78. The Kier molecular flexibility index (Phi) is 5.79. The minimum atomic E-state index is -0.911. The second-order valence-corrected chi connectivity index (χ2v) is 5.89. The highest BCUT2D eigenvalue weighted by atomic mass is 16.6. The standard InChI is InChI=1S/C16H20N2O7/c1-10-3-4-11(16(20)21)8-17(10)15(19)9-25-12-5-6-13(18(22)23)14(7-12)24-2/h5-7,10-11H,3-4,8-9H2,1-2H3,(H,20,21). The number of rotatable bonds is 6. The van der Waals surface area contributed by atoms with Crippen molar-refractivity contribution < 1.29 is 29.1 Å². The first kappa shape index (κ1) is 18.5. The number of piperidine rings is 1. The van der Waals surface area contributed by atoms with Gasteiger partial charge in [0.15, 0.2) is 6.61 Å². The van der Waals surface area contributed by atoms with E-state index >= 15 is 0 Å². The van der Waals surface area contributed by atoms with E-state index in [4.69, 9.17) is 14.6 Å². The Hall–Kier alpha value is -2.84. The van der Waals surface area contributed by atoms with Crippen molar-refractivity contribution in [1.82, 2.24) is 4.90 Å². The summed E-state index contributed by atoms with van der Waals surface area (Å²) in [5.74, 6) is -1.51. The molecule has 0 aromatic heterocycles. The van der Waals surface area contributed by atoms with Crippen LogP contribution in [0.15, 0.2) is 18.2 Å². The fourth-order valence-corrected chi connectivity index (χ4v) is 2.78. The predicted molar refractivity (Wildman–Crippen MR) is 86.7 cm³/mol. The first-order chi connectivity index (χ1) is 11.8. The van der Waals surface area contributed by atoms with Gasteiger partial charge in [0.25, 0.3) is 5.91 Å². The van der Waals surface area contributed by atoms with Crippen molar-refractivity contribution in [3.63, 3.8) is 0 Å². The monoisotopic (exact) mass is 352 g/mol. The Morgan fingerprint density at radius 2 is 2.12 bits per heavy atom. The molecule has 1 heterocycles. The Morgan fingerprint density at radius 3 is 2.72 bits per heavy atom. The number of nitro benzene ring substituents is 1. The van der Waals surface area contributed by atoms with Crippen LogP contribution in [-0.2, 0) is 9.59 Å². The molecule has 1 aromatic rings. The van der Waals surface area contributed by atoms with Gasteiger partial charge in [-0.3, -0.25) is 19.7 Å². The maximum absolute atomic E-state index is 12.3. The van der Waals surface area contributed by atoms with Crippen LogP contribution in [0.3, 0.4) is 0 Å². The quantitative estimate of drug-likeness (QED) is 0.611. The Labute approximate surface area is 144 Å². The predicted octanol–water partition coefficient (Wildman–Crippen LogP) is 1.69. The van der Waals surface area contributed by atoms with Gasteiger partial charge in [-0.15, -0.1) is 0 Å². The molecule has 2 unspecified atom stereocenters. The van der Waals surface area contributed by atoms with Gasteiger partial charge in [0.05, 0.1) is 18.0 Å². The average molecular weight is 352 g/mol. The second kappa shape index (κ2) is 7.82. The summed E-state index contributed by atoms with van der Waals surface area (Å²) in [5.41, 5.74) is -0.199. The number of carboxylic acid groups (broad SMARTS) is 1. The van der Waals surface area contributed by atoms with Gasteiger partial charge in [-0.2, -0.15) is 0 Å². The SMILES string of the molecule is COc1cc(OCC(=O)N2CC(C(=O)O)CCC2C)ccc1[N+](=O)[O-]. The van der Waals surface area contributed by atoms with E-state index in [1.54, 1.807) is 0 Å². The topological polar surface area (TPSA) is 119 Å². The summed E-state index contributed by atoms with van der Waals surface area (Å²) >= 11 is 0. The third-order valence-corrected chi connectivity index (χ3v) is 4.26. The van der Waals surface area contributed by atoms with Gasteiger partial charge in [-0.05, 0) is 25.8 Å². The van der Waals surface area contributed by atoms with Crippen molar-refractivity contribution in [3.05, 3.63) is 28.3 Å². The normalized spacial score (nSPS) is 20.0. The molecule has 0 saturated carbocycles. The number of nitro groups is 1. The summed E-state index contributed by atoms with van der Waals surface area (Å²) in [6, 6.07) is 3.90. The van der Waals surface area contributed by atoms with Crippen LogP contribution >= 0.6 is 0 Å². The van der Waals surface area contributed by atoms with Gasteiger partial charge in [-0.1, -0.05) is 0 Å². The molecule has 1 aliphatic rings. The van der Waals surface area contributed by atoms with Gasteiger partial charge >= 0.3 is 11.7 Å². The van der Waals surface area contributed by atoms with Gasteiger partial charge in [-0.25, -0.2) is 0 Å². The van der Waals surface area contributed by atoms with Crippen LogP contribution in [0.5, 0.6) is 11.5 Å². The molecule has 0 aliphatic carbocycles. The van der Waals surface area contributed by atoms with Crippen LogP contribution in [0.4, 0.5) is 5.69 Å². The van der Waals surface area contributed by atoms with Crippen LogP contribution in [0.2, 0.25) is 0 Å². The van der Waals surface area contributed by atoms with E-state index in [0.717, 1.165) is 0 Å². The van der Waals surface area contributed by atoms with Crippen molar-refractivity contribution in [3.8, 4) is 11.5 Å². The highest BCUT2D eigenvalue weighted by molar-refractivity contribution is 5.79. The number of benzene rings is 1. The van der Waals surface area contributed by atoms with Gasteiger partial charge in [0, 0.05) is 24.7 Å². The fraction of sp³-hybridized carbons (Fsp3) is 0.500. The molecular formula is C16H20N2O7. The van der Waals surface area contributed by atoms with E-state index < -0.39 is 16.8 Å². The highest BCUT2D eigenvalue weighted by Gasteiger charge is 2.32. The lowest BCUT2D eigenvalue weighted by Gasteiger charge is -2.36. The van der Waals surface area contributed by atoms with Crippen molar-refractivity contribution in [2.24, 2.45) is 5.92 Å². The number of ether oxygens (including phenoxy) is 2. The molecule has 0 bridgehead atoms. The number of carbonyl (C=O) groups is 2. The molecular weight excluding hydrogens is 332 g/mol. The molecule has 2 atom stereocenters. The molecule has 25 heavy (non-hydrogen) atoms. The second-order valence-electron chi connectivity index (χ2n) is 5.89. The smallest absolute Gasteiger partial charge is 0.311 e. The van der Waals surface area contributed by atoms with E-state index in [1.807, 2.05) is 6.92 Å².